The quantitative estimate of drug-likeness (QED) is 0.0240. The third-order valence-electron chi connectivity index (χ3n) is 12.4. The Morgan fingerprint density at radius 1 is 0.560 bits per heavy atom. The first kappa shape index (κ1) is 67.4. The average Bonchev–Trinajstić information content (AvgIpc) is 3.96. The van der Waals surface area contributed by atoms with Crippen molar-refractivity contribution in [1.29, 1.82) is 0 Å². The number of alkyl carbamates (subject to hydrolysis) is 1. The van der Waals surface area contributed by atoms with Gasteiger partial charge in [0.2, 0.25) is 47.3 Å². The van der Waals surface area contributed by atoms with Crippen LogP contribution in [0.1, 0.15) is 103 Å². The lowest BCUT2D eigenvalue weighted by Crippen LogP contribution is -2.58. The van der Waals surface area contributed by atoms with E-state index >= 15 is 0 Å². The summed E-state index contributed by atoms with van der Waals surface area (Å²) >= 11 is 0. The maximum atomic E-state index is 14.2. The lowest BCUT2D eigenvalue weighted by atomic mass is 10.0. The number of carbonyl (C=O) groups excluding carboxylic acids is 10. The Morgan fingerprint density at radius 3 is 1.64 bits per heavy atom. The van der Waals surface area contributed by atoms with Crippen LogP contribution in [-0.2, 0) is 76.7 Å². The van der Waals surface area contributed by atoms with Crippen molar-refractivity contribution in [3.63, 3.8) is 0 Å². The minimum absolute atomic E-state index is 0.00667. The fourth-order valence-corrected chi connectivity index (χ4v) is 8.38. The normalized spacial score (nSPS) is 13.5. The minimum atomic E-state index is -1.63. The van der Waals surface area contributed by atoms with Gasteiger partial charge in [0.15, 0.2) is 0 Å². The number of primary amides is 1. The van der Waals surface area contributed by atoms with E-state index in [1.165, 1.54) is 24.3 Å². The number of benzene rings is 3. The number of H-pyrrole nitrogens is 1. The molecule has 456 valence electrons. The largest absolute Gasteiger partial charge is 0.508 e. The number of phenolic OH excluding ortho intramolecular Hbond substituents is 1. The summed E-state index contributed by atoms with van der Waals surface area (Å²) < 4.78 is 10.8. The van der Waals surface area contributed by atoms with Crippen LogP contribution < -0.4 is 54.0 Å². The zero-order valence-corrected chi connectivity index (χ0v) is 48.1. The molecule has 9 amide bonds. The van der Waals surface area contributed by atoms with Crippen LogP contribution in [0.3, 0.4) is 0 Å². The molecule has 4 rings (SSSR count). The molecule has 0 saturated carbocycles. The van der Waals surface area contributed by atoms with Crippen molar-refractivity contribution >= 4 is 76.2 Å². The van der Waals surface area contributed by atoms with Gasteiger partial charge in [0.25, 0.3) is 0 Å². The number of esters is 1. The summed E-state index contributed by atoms with van der Waals surface area (Å²) in [7, 11) is 0. The van der Waals surface area contributed by atoms with Crippen molar-refractivity contribution in [3.8, 4) is 5.75 Å². The number of carboxylic acid groups (broad SMARTS) is 1. The fraction of sp³-hybridized carbons (Fsp3) is 0.466. The van der Waals surface area contributed by atoms with Crippen LogP contribution in [0.2, 0.25) is 0 Å². The van der Waals surface area contributed by atoms with E-state index in [1.54, 1.807) is 78.1 Å². The molecule has 0 aliphatic carbocycles. The molecule has 15 N–H and O–H groups in total. The predicted octanol–water partition coefficient (Wildman–Crippen LogP) is 1.05. The molecule has 3 aromatic carbocycles. The molecule has 0 bridgehead atoms. The number of hydrogen-bond acceptors (Lipinski definition) is 15. The zero-order chi connectivity index (χ0) is 62.1. The Labute approximate surface area is 486 Å². The molecule has 1 aromatic heterocycles. The number of nitrogens with two attached hydrogens (primary N) is 2. The maximum absolute atomic E-state index is 14.2. The van der Waals surface area contributed by atoms with Crippen molar-refractivity contribution in [3.05, 3.63) is 102 Å². The van der Waals surface area contributed by atoms with Gasteiger partial charge in [-0.1, -0.05) is 60.7 Å². The van der Waals surface area contributed by atoms with E-state index in [9.17, 15) is 63.0 Å². The molecule has 84 heavy (non-hydrogen) atoms. The number of fused-ring (bicyclic) bond motifs is 1. The molecule has 26 heteroatoms. The van der Waals surface area contributed by atoms with E-state index in [0.29, 0.717) is 11.1 Å². The highest BCUT2D eigenvalue weighted by molar-refractivity contribution is 5.97. The maximum Gasteiger partial charge on any atom is 0.408 e. The molecule has 0 radical (unpaired) electrons. The molecular weight excluding hydrogens is 1090 g/mol. The third kappa shape index (κ3) is 25.0. The second-order valence-corrected chi connectivity index (χ2v) is 22.0. The summed E-state index contributed by atoms with van der Waals surface area (Å²) in [6.07, 6.45) is -0.568. The van der Waals surface area contributed by atoms with Gasteiger partial charge < -0.3 is 78.7 Å². The van der Waals surface area contributed by atoms with E-state index in [-0.39, 0.29) is 76.6 Å². The molecule has 0 spiro atoms. The van der Waals surface area contributed by atoms with Crippen LogP contribution in [0.25, 0.3) is 10.9 Å². The average molecular weight is 1170 g/mol. The van der Waals surface area contributed by atoms with Crippen molar-refractivity contribution in [2.24, 2.45) is 11.5 Å². The van der Waals surface area contributed by atoms with Gasteiger partial charge >= 0.3 is 18.0 Å². The lowest BCUT2D eigenvalue weighted by Gasteiger charge is -2.26. The first-order chi connectivity index (χ1) is 39.5. The fourth-order valence-electron chi connectivity index (χ4n) is 8.38. The van der Waals surface area contributed by atoms with Gasteiger partial charge in [-0.05, 0) is 109 Å². The van der Waals surface area contributed by atoms with Crippen LogP contribution >= 0.6 is 0 Å². The summed E-state index contributed by atoms with van der Waals surface area (Å²) in [4.78, 5) is 147. The smallest absolute Gasteiger partial charge is 0.408 e. The number of para-hydroxylation sites is 1. The number of phenols is 1. The Hall–Kier alpha value is -9.07. The van der Waals surface area contributed by atoms with Gasteiger partial charge in [0, 0.05) is 55.9 Å². The molecule has 0 fully saturated rings. The van der Waals surface area contributed by atoms with Gasteiger partial charge in [0.1, 0.15) is 53.7 Å². The number of rotatable bonds is 32. The molecule has 0 aliphatic heterocycles. The Bertz CT molecular complexity index is 2920. The monoisotopic (exact) mass is 1170 g/mol. The third-order valence-corrected chi connectivity index (χ3v) is 12.4. The highest BCUT2D eigenvalue weighted by Crippen LogP contribution is 2.20. The number of carbonyl (C=O) groups is 11. The SMILES string of the molecule is CC(C)(C)OC(=O)C[C@H](NC(=O)[C@H](CCCNC(=O)CCC(=O)NCCC[C@H](NC(=O)[C@H](Cc1ccc(O)cc1)NC(=O)OC(C)(C)C)C(=O)NCC(=O)O)NC(=O)[C@@H](N)Cc1c[nH]c2ccccc12)C(=O)N[C@@H](Cc1ccccc1)C(N)=O. The number of aromatic amines is 1. The number of nitrogens with one attached hydrogen (secondary N) is 9. The summed E-state index contributed by atoms with van der Waals surface area (Å²) in [6.45, 7) is 8.85. The van der Waals surface area contributed by atoms with Gasteiger partial charge in [-0.2, -0.15) is 0 Å². The van der Waals surface area contributed by atoms with Crippen molar-refractivity contribution in [2.75, 3.05) is 19.6 Å². The number of amides is 9. The number of ether oxygens (including phenoxy) is 2. The Balaban J connectivity index is 1.38. The van der Waals surface area contributed by atoms with Crippen molar-refractivity contribution < 1.29 is 72.4 Å². The van der Waals surface area contributed by atoms with E-state index in [4.69, 9.17) is 20.9 Å². The highest BCUT2D eigenvalue weighted by Gasteiger charge is 2.34. The standard InChI is InChI=1S/C58H79N11O15/c1-57(2,3)83-49(75)31-45(55(81)67-43(50(60)76)28-34-14-8-7-9-15-34)68-53(79)42(65-51(77)39(59)30-36-32-63-40-17-11-10-16-38(36)40)19-13-27-62-47(72)25-24-46(71)61-26-12-18-41(52(78)64-33-48(73)74)66-54(80)44(69-56(82)84-58(4,5)6)29-35-20-22-37(70)23-21-35/h7-11,14-17,20-23,32,39,41-45,63,70H,12-13,18-19,24-31,33,59H2,1-6H3,(H2,60,76)(H,61,71)(H,62,72)(H,64,78)(H,65,77)(H,66,80)(H,67,81)(H,68,79)(H,69,82)(H,73,74)/t39-,41-,42-,43-,44-,45-/m0/s1. The number of carboxylic acids is 1. The molecule has 0 unspecified atom stereocenters. The van der Waals surface area contributed by atoms with Crippen LogP contribution in [0.5, 0.6) is 5.75 Å². The number of aromatic hydroxyl groups is 1. The van der Waals surface area contributed by atoms with Crippen molar-refractivity contribution in [1.82, 2.24) is 47.5 Å². The number of aromatic nitrogens is 1. The molecular formula is C58H79N11O15. The zero-order valence-electron chi connectivity index (χ0n) is 48.1. The van der Waals surface area contributed by atoms with Gasteiger partial charge in [0.05, 0.1) is 12.5 Å². The number of aliphatic carboxylic acids is 1. The molecule has 26 nitrogen and oxygen atoms in total. The second-order valence-electron chi connectivity index (χ2n) is 22.0. The lowest BCUT2D eigenvalue weighted by molar-refractivity contribution is -0.156. The molecule has 0 aliphatic rings. The number of hydrogen-bond donors (Lipinski definition) is 13. The second kappa shape index (κ2) is 32.5. The molecule has 0 saturated heterocycles. The van der Waals surface area contributed by atoms with Crippen LogP contribution in [0, 0.1) is 0 Å². The van der Waals surface area contributed by atoms with Crippen LogP contribution in [-0.4, -0.2) is 148 Å². The first-order valence-electron chi connectivity index (χ1n) is 27.4. The van der Waals surface area contributed by atoms with Gasteiger partial charge in [-0.25, -0.2) is 4.79 Å². The Morgan fingerprint density at radius 2 is 1.06 bits per heavy atom. The Kier molecular flexibility index (Phi) is 26.1. The molecule has 4 aromatic rings. The summed E-state index contributed by atoms with van der Waals surface area (Å²) in [6, 6.07) is 13.8. The first-order valence-corrected chi connectivity index (χ1v) is 27.4. The van der Waals surface area contributed by atoms with Crippen LogP contribution in [0.4, 0.5) is 4.79 Å². The topological polar surface area (TPSA) is 411 Å². The van der Waals surface area contributed by atoms with E-state index in [1.807, 2.05) is 24.3 Å². The van der Waals surface area contributed by atoms with Crippen LogP contribution in [0.15, 0.2) is 85.1 Å². The summed E-state index contributed by atoms with van der Waals surface area (Å²) in [5.74, 6) is -8.48. The highest BCUT2D eigenvalue weighted by atomic mass is 16.6. The molecule has 6 atom stereocenters. The van der Waals surface area contributed by atoms with Crippen molar-refractivity contribution in [2.45, 2.75) is 153 Å². The minimum Gasteiger partial charge on any atom is -0.508 e. The van der Waals surface area contributed by atoms with Gasteiger partial charge in [-0.3, -0.25) is 47.9 Å². The predicted molar refractivity (Wildman–Crippen MR) is 307 cm³/mol. The van der Waals surface area contributed by atoms with E-state index in [2.05, 4.69) is 47.5 Å². The van der Waals surface area contributed by atoms with E-state index in [0.717, 1.165) is 16.5 Å². The van der Waals surface area contributed by atoms with E-state index < -0.39 is 126 Å². The summed E-state index contributed by atoms with van der Waals surface area (Å²) in [5, 5.41) is 40.0. The summed E-state index contributed by atoms with van der Waals surface area (Å²) in [5.41, 5.74) is 12.9. The molecule has 1 heterocycles. The van der Waals surface area contributed by atoms with Gasteiger partial charge in [-0.15, -0.1) is 0 Å².